The van der Waals surface area contributed by atoms with E-state index in [2.05, 4.69) is 29.5 Å². The second-order valence-corrected chi connectivity index (χ2v) is 5.60. The molecular weight excluding hydrogens is 274 g/mol. The van der Waals surface area contributed by atoms with Gasteiger partial charge in [0, 0.05) is 23.6 Å². The molecule has 0 spiro atoms. The largest absolute Gasteiger partial charge is 0.382 e. The molecule has 0 radical (unpaired) electrons. The Kier molecular flexibility index (Phi) is 5.15. The third kappa shape index (κ3) is 3.85. The van der Waals surface area contributed by atoms with Crippen molar-refractivity contribution in [2.24, 2.45) is 0 Å². The lowest BCUT2D eigenvalue weighted by Crippen LogP contribution is -2.17. The van der Waals surface area contributed by atoms with Crippen molar-refractivity contribution >= 4 is 17.3 Å². The van der Waals surface area contributed by atoms with Crippen molar-refractivity contribution < 1.29 is 4.79 Å². The number of nitrogens with one attached hydrogen (secondary N) is 2. The fourth-order valence-corrected chi connectivity index (χ4v) is 2.22. The number of amides is 1. The summed E-state index contributed by atoms with van der Waals surface area (Å²) in [5.41, 5.74) is 4.27. The highest BCUT2D eigenvalue weighted by Crippen LogP contribution is 2.20. The van der Waals surface area contributed by atoms with Gasteiger partial charge in [-0.3, -0.25) is 9.78 Å². The first-order chi connectivity index (χ1) is 10.5. The van der Waals surface area contributed by atoms with Gasteiger partial charge in [-0.25, -0.2) is 0 Å². The first-order valence-electron chi connectivity index (χ1n) is 7.61. The van der Waals surface area contributed by atoms with Crippen LogP contribution in [0.5, 0.6) is 0 Å². The third-order valence-corrected chi connectivity index (χ3v) is 3.74. The zero-order valence-corrected chi connectivity index (χ0v) is 13.6. The molecule has 4 heteroatoms. The van der Waals surface area contributed by atoms with Crippen LogP contribution in [0, 0.1) is 13.8 Å². The molecule has 0 bridgehead atoms. The molecule has 2 aromatic rings. The summed E-state index contributed by atoms with van der Waals surface area (Å²) in [7, 11) is 0. The van der Waals surface area contributed by atoms with Gasteiger partial charge in [-0.05, 0) is 50.5 Å². The van der Waals surface area contributed by atoms with Crippen LogP contribution < -0.4 is 10.6 Å². The minimum absolute atomic E-state index is 0.190. The van der Waals surface area contributed by atoms with Gasteiger partial charge in [-0.1, -0.05) is 25.1 Å². The van der Waals surface area contributed by atoms with Crippen molar-refractivity contribution in [3.63, 3.8) is 0 Å². The summed E-state index contributed by atoms with van der Waals surface area (Å²) < 4.78 is 0. The minimum Gasteiger partial charge on any atom is -0.382 e. The molecule has 2 N–H and O–H groups in total. The first-order valence-corrected chi connectivity index (χ1v) is 7.61. The zero-order valence-electron chi connectivity index (χ0n) is 13.6. The predicted molar refractivity (Wildman–Crippen MR) is 91.5 cm³/mol. The Hall–Kier alpha value is -2.36. The summed E-state index contributed by atoms with van der Waals surface area (Å²) in [5.74, 6) is -0.190. The van der Waals surface area contributed by atoms with Crippen molar-refractivity contribution in [2.45, 2.75) is 40.2 Å². The molecule has 22 heavy (non-hydrogen) atoms. The number of hydrogen-bond donors (Lipinski definition) is 2. The number of anilines is 2. The van der Waals surface area contributed by atoms with Crippen LogP contribution >= 0.6 is 0 Å². The number of pyridine rings is 1. The normalized spacial score (nSPS) is 11.8. The number of para-hydroxylation sites is 1. The van der Waals surface area contributed by atoms with Gasteiger partial charge < -0.3 is 10.6 Å². The van der Waals surface area contributed by atoms with E-state index < -0.39 is 0 Å². The maximum Gasteiger partial charge on any atom is 0.274 e. The highest BCUT2D eigenvalue weighted by molar-refractivity contribution is 6.04. The molecule has 1 unspecified atom stereocenters. The molecule has 1 heterocycles. The standard InChI is InChI=1S/C18H23N3O/c1-5-14(4)20-15-9-10-19-16(11-15)18(22)21-17-12(2)7-6-8-13(17)3/h6-11,14H,5H2,1-4H3,(H,19,20)(H,21,22). The van der Waals surface area contributed by atoms with E-state index in [0.29, 0.717) is 11.7 Å². The van der Waals surface area contributed by atoms with Crippen molar-refractivity contribution in [3.8, 4) is 0 Å². The molecule has 0 aliphatic heterocycles. The van der Waals surface area contributed by atoms with E-state index in [4.69, 9.17) is 0 Å². The first kappa shape index (κ1) is 16.0. The Morgan fingerprint density at radius 3 is 2.55 bits per heavy atom. The SMILES string of the molecule is CCC(C)Nc1ccnc(C(=O)Nc2c(C)cccc2C)c1. The molecule has 0 aliphatic carbocycles. The average Bonchev–Trinajstić information content (AvgIpc) is 2.51. The van der Waals surface area contributed by atoms with E-state index in [9.17, 15) is 4.79 Å². The summed E-state index contributed by atoms with van der Waals surface area (Å²) in [5, 5.41) is 6.31. The topological polar surface area (TPSA) is 54.0 Å². The number of aromatic nitrogens is 1. The molecule has 0 saturated carbocycles. The Bertz CT molecular complexity index is 647. The quantitative estimate of drug-likeness (QED) is 0.871. The van der Waals surface area contributed by atoms with Crippen LogP contribution in [0.15, 0.2) is 36.5 Å². The van der Waals surface area contributed by atoms with Crippen LogP contribution in [0.4, 0.5) is 11.4 Å². The number of hydrogen-bond acceptors (Lipinski definition) is 3. The Balaban J connectivity index is 2.18. The van der Waals surface area contributed by atoms with Crippen LogP contribution in [-0.4, -0.2) is 16.9 Å². The smallest absolute Gasteiger partial charge is 0.274 e. The fourth-order valence-electron chi connectivity index (χ4n) is 2.22. The van der Waals surface area contributed by atoms with E-state index in [1.54, 1.807) is 12.3 Å². The van der Waals surface area contributed by atoms with Gasteiger partial charge in [0.2, 0.25) is 0 Å². The molecule has 0 aliphatic rings. The highest BCUT2D eigenvalue weighted by Gasteiger charge is 2.11. The lowest BCUT2D eigenvalue weighted by Gasteiger charge is -2.14. The molecule has 116 valence electrons. The van der Waals surface area contributed by atoms with Crippen molar-refractivity contribution in [3.05, 3.63) is 53.3 Å². The van der Waals surface area contributed by atoms with Gasteiger partial charge in [-0.2, -0.15) is 0 Å². The number of benzene rings is 1. The third-order valence-electron chi connectivity index (χ3n) is 3.74. The molecule has 1 amide bonds. The molecular formula is C18H23N3O. The number of aryl methyl sites for hydroxylation is 2. The van der Waals surface area contributed by atoms with Crippen molar-refractivity contribution in [1.29, 1.82) is 0 Å². The minimum atomic E-state index is -0.190. The average molecular weight is 297 g/mol. The van der Waals surface area contributed by atoms with Crippen molar-refractivity contribution in [2.75, 3.05) is 10.6 Å². The maximum absolute atomic E-state index is 12.4. The van der Waals surface area contributed by atoms with Crippen LogP contribution in [0.3, 0.4) is 0 Å². The Morgan fingerprint density at radius 1 is 1.23 bits per heavy atom. The zero-order chi connectivity index (χ0) is 16.1. The van der Waals surface area contributed by atoms with E-state index in [-0.39, 0.29) is 5.91 Å². The second kappa shape index (κ2) is 7.07. The summed E-state index contributed by atoms with van der Waals surface area (Å²) in [6.45, 7) is 8.19. The van der Waals surface area contributed by atoms with E-state index >= 15 is 0 Å². The number of carbonyl (C=O) groups excluding carboxylic acids is 1. The summed E-state index contributed by atoms with van der Waals surface area (Å²) in [6, 6.07) is 9.97. The van der Waals surface area contributed by atoms with Crippen LogP contribution in [-0.2, 0) is 0 Å². The van der Waals surface area contributed by atoms with Crippen LogP contribution in [0.25, 0.3) is 0 Å². The Labute approximate surface area is 132 Å². The molecule has 4 nitrogen and oxygen atoms in total. The van der Waals surface area contributed by atoms with Gasteiger partial charge in [0.1, 0.15) is 5.69 Å². The van der Waals surface area contributed by atoms with Crippen LogP contribution in [0.2, 0.25) is 0 Å². The predicted octanol–water partition coefficient (Wildman–Crippen LogP) is 4.16. The van der Waals surface area contributed by atoms with Crippen molar-refractivity contribution in [1.82, 2.24) is 4.98 Å². The maximum atomic E-state index is 12.4. The van der Waals surface area contributed by atoms with Gasteiger partial charge in [0.25, 0.3) is 5.91 Å². The second-order valence-electron chi connectivity index (χ2n) is 5.60. The number of nitrogens with zero attached hydrogens (tertiary/aromatic N) is 1. The molecule has 0 saturated heterocycles. The van der Waals surface area contributed by atoms with Gasteiger partial charge in [-0.15, -0.1) is 0 Å². The van der Waals surface area contributed by atoms with E-state index in [1.807, 2.05) is 38.1 Å². The van der Waals surface area contributed by atoms with Crippen LogP contribution in [0.1, 0.15) is 41.9 Å². The highest BCUT2D eigenvalue weighted by atomic mass is 16.1. The molecule has 1 aromatic heterocycles. The van der Waals surface area contributed by atoms with Gasteiger partial charge >= 0.3 is 0 Å². The van der Waals surface area contributed by atoms with Gasteiger partial charge in [0.15, 0.2) is 0 Å². The summed E-state index contributed by atoms with van der Waals surface area (Å²) in [6.07, 6.45) is 2.68. The van der Waals surface area contributed by atoms with Gasteiger partial charge in [0.05, 0.1) is 0 Å². The summed E-state index contributed by atoms with van der Waals surface area (Å²) >= 11 is 0. The molecule has 1 atom stereocenters. The summed E-state index contributed by atoms with van der Waals surface area (Å²) in [4.78, 5) is 16.6. The van der Waals surface area contributed by atoms with E-state index in [1.165, 1.54) is 0 Å². The monoisotopic (exact) mass is 297 g/mol. The number of rotatable bonds is 5. The van der Waals surface area contributed by atoms with E-state index in [0.717, 1.165) is 28.9 Å². The Morgan fingerprint density at radius 2 is 1.91 bits per heavy atom. The molecule has 2 rings (SSSR count). The molecule has 0 fully saturated rings. The lowest BCUT2D eigenvalue weighted by atomic mass is 10.1. The lowest BCUT2D eigenvalue weighted by molar-refractivity contribution is 0.102. The molecule has 1 aromatic carbocycles. The fraction of sp³-hybridized carbons (Fsp3) is 0.333. The number of carbonyl (C=O) groups is 1.